The molecule has 1 unspecified atom stereocenters. The predicted octanol–water partition coefficient (Wildman–Crippen LogP) is 2.75. The second-order valence-electron chi connectivity index (χ2n) is 4.20. The van der Waals surface area contributed by atoms with Crippen LogP contribution in [-0.4, -0.2) is 18.2 Å². The van der Waals surface area contributed by atoms with Crippen molar-refractivity contribution in [3.8, 4) is 0 Å². The Labute approximate surface area is 115 Å². The maximum atomic E-state index is 13.0. The molecule has 0 saturated heterocycles. The van der Waals surface area contributed by atoms with E-state index in [0.717, 1.165) is 6.07 Å². The molecule has 0 bridgehead atoms. The van der Waals surface area contributed by atoms with Crippen molar-refractivity contribution in [2.45, 2.75) is 17.1 Å². The van der Waals surface area contributed by atoms with Crippen LogP contribution in [0.15, 0.2) is 35.5 Å². The summed E-state index contributed by atoms with van der Waals surface area (Å²) >= 11 is 5.90. The first-order valence-corrected chi connectivity index (χ1v) is 7.42. The number of halogens is 2. The molecule has 0 saturated carbocycles. The van der Waals surface area contributed by atoms with Crippen molar-refractivity contribution in [1.29, 1.82) is 0 Å². The van der Waals surface area contributed by atoms with E-state index in [2.05, 4.69) is 5.10 Å². The number of aromatic nitrogens is 2. The van der Waals surface area contributed by atoms with Crippen LogP contribution < -0.4 is 0 Å². The molecule has 1 heterocycles. The van der Waals surface area contributed by atoms with Crippen molar-refractivity contribution in [2.75, 3.05) is 0 Å². The maximum absolute atomic E-state index is 13.0. The van der Waals surface area contributed by atoms with Crippen LogP contribution >= 0.6 is 11.6 Å². The molecule has 1 aromatic carbocycles. The van der Waals surface area contributed by atoms with Crippen molar-refractivity contribution in [1.82, 2.24) is 9.78 Å². The minimum atomic E-state index is -3.60. The highest BCUT2D eigenvalue weighted by Gasteiger charge is 2.27. The quantitative estimate of drug-likeness (QED) is 0.876. The van der Waals surface area contributed by atoms with Crippen molar-refractivity contribution >= 4 is 21.4 Å². The first kappa shape index (κ1) is 14.0. The molecule has 1 aromatic heterocycles. The molecule has 0 spiro atoms. The van der Waals surface area contributed by atoms with Gasteiger partial charge in [-0.25, -0.2) is 12.8 Å². The van der Waals surface area contributed by atoms with Gasteiger partial charge in [0.05, 0.1) is 11.4 Å². The van der Waals surface area contributed by atoms with E-state index in [1.807, 2.05) is 0 Å². The molecule has 7 heteroatoms. The van der Waals surface area contributed by atoms with Crippen LogP contribution in [0, 0.1) is 5.82 Å². The molecule has 0 fully saturated rings. The summed E-state index contributed by atoms with van der Waals surface area (Å²) in [5, 5.41) is 3.07. The molecule has 0 N–H and O–H groups in total. The Morgan fingerprint density at radius 1 is 1.42 bits per heavy atom. The highest BCUT2D eigenvalue weighted by Crippen LogP contribution is 2.32. The third-order valence-corrected chi connectivity index (χ3v) is 5.26. The van der Waals surface area contributed by atoms with Crippen LogP contribution in [0.3, 0.4) is 0 Å². The van der Waals surface area contributed by atoms with Crippen molar-refractivity contribution in [2.24, 2.45) is 7.05 Å². The van der Waals surface area contributed by atoms with Gasteiger partial charge in [-0.2, -0.15) is 5.10 Å². The molecule has 4 nitrogen and oxygen atoms in total. The molecular weight excluding hydrogens is 291 g/mol. The fourth-order valence-electron chi connectivity index (χ4n) is 1.75. The van der Waals surface area contributed by atoms with E-state index in [0.29, 0.717) is 5.56 Å². The number of sulfone groups is 1. The van der Waals surface area contributed by atoms with Crippen LogP contribution in [0.4, 0.5) is 4.39 Å². The SMILES string of the molecule is CC(c1ccc(F)cc1Cl)S(=O)(=O)c1cnn(C)c1. The normalized spacial score (nSPS) is 13.5. The summed E-state index contributed by atoms with van der Waals surface area (Å²) in [6.45, 7) is 1.52. The predicted molar refractivity (Wildman–Crippen MR) is 70.2 cm³/mol. The van der Waals surface area contributed by atoms with E-state index in [9.17, 15) is 12.8 Å². The Kier molecular flexibility index (Phi) is 3.64. The zero-order chi connectivity index (χ0) is 14.2. The Morgan fingerprint density at radius 2 is 2.11 bits per heavy atom. The van der Waals surface area contributed by atoms with Gasteiger partial charge in [-0.1, -0.05) is 17.7 Å². The molecule has 1 atom stereocenters. The van der Waals surface area contributed by atoms with Gasteiger partial charge in [-0.3, -0.25) is 4.68 Å². The summed E-state index contributed by atoms with van der Waals surface area (Å²) < 4.78 is 39.1. The van der Waals surface area contributed by atoms with Crippen molar-refractivity contribution < 1.29 is 12.8 Å². The van der Waals surface area contributed by atoms with Gasteiger partial charge in [0.2, 0.25) is 0 Å². The summed E-state index contributed by atoms with van der Waals surface area (Å²) in [6, 6.07) is 3.68. The van der Waals surface area contributed by atoms with Gasteiger partial charge in [0.25, 0.3) is 0 Å². The maximum Gasteiger partial charge on any atom is 0.188 e. The van der Waals surface area contributed by atoms with Crippen molar-refractivity contribution in [3.05, 3.63) is 47.0 Å². The number of hydrogen-bond donors (Lipinski definition) is 0. The first-order valence-electron chi connectivity index (χ1n) is 5.50. The van der Waals surface area contributed by atoms with E-state index in [1.165, 1.54) is 36.1 Å². The summed E-state index contributed by atoms with van der Waals surface area (Å²) in [4.78, 5) is 0.114. The van der Waals surface area contributed by atoms with E-state index in [-0.39, 0.29) is 9.92 Å². The number of nitrogens with zero attached hydrogens (tertiary/aromatic N) is 2. The number of hydrogen-bond acceptors (Lipinski definition) is 3. The molecule has 0 amide bonds. The average molecular weight is 303 g/mol. The molecular formula is C12H12ClFN2O2S. The van der Waals surface area contributed by atoms with Gasteiger partial charge in [0.1, 0.15) is 10.7 Å². The molecule has 2 rings (SSSR count). The van der Waals surface area contributed by atoms with Gasteiger partial charge < -0.3 is 0 Å². The van der Waals surface area contributed by atoms with E-state index >= 15 is 0 Å². The fourth-order valence-corrected chi connectivity index (χ4v) is 3.59. The highest BCUT2D eigenvalue weighted by atomic mass is 35.5. The molecule has 0 aliphatic heterocycles. The number of aryl methyl sites for hydroxylation is 1. The molecule has 102 valence electrons. The van der Waals surface area contributed by atoms with Crippen LogP contribution in [0.1, 0.15) is 17.7 Å². The van der Waals surface area contributed by atoms with E-state index in [1.54, 1.807) is 7.05 Å². The molecule has 2 aromatic rings. The molecule has 0 aliphatic carbocycles. The van der Waals surface area contributed by atoms with Crippen LogP contribution in [0.2, 0.25) is 5.02 Å². The zero-order valence-corrected chi connectivity index (χ0v) is 11.9. The lowest BCUT2D eigenvalue weighted by atomic mass is 10.2. The Hall–Kier alpha value is -1.40. The summed E-state index contributed by atoms with van der Waals surface area (Å²) in [7, 11) is -1.96. The van der Waals surface area contributed by atoms with E-state index < -0.39 is 20.9 Å². The largest absolute Gasteiger partial charge is 0.274 e. The number of benzene rings is 1. The van der Waals surface area contributed by atoms with Crippen molar-refractivity contribution in [3.63, 3.8) is 0 Å². The summed E-state index contributed by atoms with van der Waals surface area (Å²) in [6.07, 6.45) is 2.70. The van der Waals surface area contributed by atoms with Gasteiger partial charge >= 0.3 is 0 Å². The molecule has 0 radical (unpaired) electrons. The minimum Gasteiger partial charge on any atom is -0.274 e. The Bertz CT molecular complexity index is 712. The summed E-state index contributed by atoms with van der Waals surface area (Å²) in [5.74, 6) is -0.500. The third kappa shape index (κ3) is 2.64. The minimum absolute atomic E-state index is 0.0972. The lowest BCUT2D eigenvalue weighted by molar-refractivity contribution is 0.585. The second kappa shape index (κ2) is 4.94. The average Bonchev–Trinajstić information content (AvgIpc) is 2.76. The highest BCUT2D eigenvalue weighted by molar-refractivity contribution is 7.91. The monoisotopic (exact) mass is 302 g/mol. The van der Waals surface area contributed by atoms with Gasteiger partial charge in [-0.15, -0.1) is 0 Å². The Balaban J connectivity index is 2.46. The second-order valence-corrected chi connectivity index (χ2v) is 6.88. The summed E-state index contributed by atoms with van der Waals surface area (Å²) in [5.41, 5.74) is 0.368. The third-order valence-electron chi connectivity index (χ3n) is 2.88. The standard InChI is InChI=1S/C12H12ClFN2O2S/c1-8(11-4-3-9(14)5-12(11)13)19(17,18)10-6-15-16(2)7-10/h3-8H,1-2H3. The van der Waals surface area contributed by atoms with Crippen LogP contribution in [0.5, 0.6) is 0 Å². The van der Waals surface area contributed by atoms with Crippen LogP contribution in [0.25, 0.3) is 0 Å². The lowest BCUT2D eigenvalue weighted by Gasteiger charge is -2.13. The van der Waals surface area contributed by atoms with Gasteiger partial charge in [0, 0.05) is 18.3 Å². The lowest BCUT2D eigenvalue weighted by Crippen LogP contribution is -2.10. The molecule has 0 aliphatic rings. The molecule has 19 heavy (non-hydrogen) atoms. The fraction of sp³-hybridized carbons (Fsp3) is 0.250. The Morgan fingerprint density at radius 3 is 2.63 bits per heavy atom. The smallest absolute Gasteiger partial charge is 0.188 e. The number of rotatable bonds is 3. The van der Waals surface area contributed by atoms with Crippen LogP contribution in [-0.2, 0) is 16.9 Å². The van der Waals surface area contributed by atoms with Gasteiger partial charge in [0.15, 0.2) is 9.84 Å². The van der Waals surface area contributed by atoms with Gasteiger partial charge in [-0.05, 0) is 24.6 Å². The topological polar surface area (TPSA) is 52.0 Å². The first-order chi connectivity index (χ1) is 8.82. The van der Waals surface area contributed by atoms with E-state index in [4.69, 9.17) is 11.6 Å². The zero-order valence-electron chi connectivity index (χ0n) is 10.3.